The molecule has 0 radical (unpaired) electrons. The summed E-state index contributed by atoms with van der Waals surface area (Å²) in [4.78, 5) is 64.4. The molecular weight excluding hydrogens is 1080 g/mol. The van der Waals surface area contributed by atoms with Gasteiger partial charge in [0.15, 0.2) is 0 Å². The molecule has 80 heavy (non-hydrogen) atoms. The van der Waals surface area contributed by atoms with Crippen LogP contribution in [0.3, 0.4) is 0 Å². The Morgan fingerprint density at radius 1 is 0.588 bits per heavy atom. The van der Waals surface area contributed by atoms with E-state index in [4.69, 9.17) is 14.2 Å². The second-order valence-electron chi connectivity index (χ2n) is 23.2. The SMILES string of the molecule is CC1CCC(Br)CC1.CC1CCC(C2(C#[N+][O-])CCN(C(=O)OCc3ccccc3)CC2)CC1.CC1CCC(C2(C(=O)O)CCN(C(=O)OCc3ccccc3)CC2)CC1.O=C(OCc1ccccc1)N1CCC(=C[N+](=O)[O-])CC1. The monoisotopic (exact) mass is 1170 g/mol. The second-order valence-corrected chi connectivity index (χ2v) is 24.5. The fourth-order valence-electron chi connectivity index (χ4n) is 12.2. The molecule has 0 spiro atoms. The highest BCUT2D eigenvalue weighted by atomic mass is 79.9. The molecule has 3 amide bonds. The minimum Gasteiger partial charge on any atom is -0.498 e. The van der Waals surface area contributed by atoms with Gasteiger partial charge in [0.1, 0.15) is 25.2 Å². The maximum absolute atomic E-state index is 12.4. The van der Waals surface area contributed by atoms with Crippen LogP contribution in [0.2, 0.25) is 0 Å². The van der Waals surface area contributed by atoms with Gasteiger partial charge in [0.2, 0.25) is 6.20 Å². The molecule has 6 fully saturated rings. The van der Waals surface area contributed by atoms with Gasteiger partial charge in [-0.25, -0.2) is 14.4 Å². The number of alkyl halides is 1. The lowest BCUT2D eigenvalue weighted by molar-refractivity contribution is -0.403. The van der Waals surface area contributed by atoms with Crippen LogP contribution in [0.5, 0.6) is 0 Å². The fraction of sp³-hybridized carbons (Fsp3) is 0.603. The van der Waals surface area contributed by atoms with Crippen LogP contribution in [-0.2, 0) is 38.8 Å². The van der Waals surface area contributed by atoms with Crippen molar-refractivity contribution >= 4 is 40.2 Å². The van der Waals surface area contributed by atoms with Gasteiger partial charge in [0.05, 0.1) is 10.3 Å². The molecular formula is C63H86BrN5O11. The summed E-state index contributed by atoms with van der Waals surface area (Å²) >= 11 is 3.62. The van der Waals surface area contributed by atoms with Crippen molar-refractivity contribution in [2.45, 2.75) is 161 Å². The molecule has 3 saturated carbocycles. The van der Waals surface area contributed by atoms with Crippen LogP contribution in [0, 0.1) is 61.8 Å². The van der Waals surface area contributed by atoms with Crippen molar-refractivity contribution in [3.05, 3.63) is 140 Å². The normalized spacial score (nSPS) is 24.1. The van der Waals surface area contributed by atoms with Gasteiger partial charge in [-0.2, -0.15) is 0 Å². The number of piperidine rings is 3. The molecule has 0 aromatic heterocycles. The molecule has 0 bridgehead atoms. The first-order valence-electron chi connectivity index (χ1n) is 29.2. The van der Waals surface area contributed by atoms with Crippen LogP contribution >= 0.6 is 15.9 Å². The molecule has 0 atom stereocenters. The summed E-state index contributed by atoms with van der Waals surface area (Å²) in [5.74, 6) is 2.46. The van der Waals surface area contributed by atoms with Crippen LogP contribution in [0.1, 0.15) is 153 Å². The molecule has 436 valence electrons. The van der Waals surface area contributed by atoms with E-state index in [9.17, 15) is 39.6 Å². The maximum atomic E-state index is 12.4. The van der Waals surface area contributed by atoms with Gasteiger partial charge in [-0.15, -0.1) is 0 Å². The summed E-state index contributed by atoms with van der Waals surface area (Å²) in [7, 11) is 0. The minimum absolute atomic E-state index is 0.235. The Morgan fingerprint density at radius 3 is 1.29 bits per heavy atom. The van der Waals surface area contributed by atoms with Gasteiger partial charge in [0, 0.05) is 54.7 Å². The molecule has 3 aromatic carbocycles. The third-order valence-electron chi connectivity index (χ3n) is 17.6. The molecule has 3 aromatic rings. The Bertz CT molecular complexity index is 2450. The van der Waals surface area contributed by atoms with Crippen molar-refractivity contribution in [1.29, 1.82) is 0 Å². The highest BCUT2D eigenvalue weighted by Crippen LogP contribution is 2.48. The number of benzene rings is 3. The van der Waals surface area contributed by atoms with E-state index in [1.807, 2.05) is 91.0 Å². The smallest absolute Gasteiger partial charge is 0.410 e. The molecule has 16 nitrogen and oxygen atoms in total. The largest absolute Gasteiger partial charge is 0.498 e. The number of ether oxygens (including phenoxy) is 3. The molecule has 17 heteroatoms. The van der Waals surface area contributed by atoms with Crippen LogP contribution in [0.15, 0.2) is 103 Å². The molecule has 3 aliphatic carbocycles. The molecule has 3 heterocycles. The number of aliphatic carboxylic acids is 1. The number of carbonyl (C=O) groups is 4. The van der Waals surface area contributed by atoms with E-state index in [0.717, 1.165) is 96.5 Å². The first-order chi connectivity index (χ1) is 38.6. The van der Waals surface area contributed by atoms with Gasteiger partial charge >= 0.3 is 30.3 Å². The zero-order chi connectivity index (χ0) is 57.3. The second kappa shape index (κ2) is 32.3. The number of nitrogens with zero attached hydrogens (tertiary/aromatic N) is 5. The van der Waals surface area contributed by atoms with Crippen molar-refractivity contribution in [3.63, 3.8) is 0 Å². The van der Waals surface area contributed by atoms with Crippen molar-refractivity contribution in [1.82, 2.24) is 14.7 Å². The molecule has 1 N–H and O–H groups in total. The summed E-state index contributed by atoms with van der Waals surface area (Å²) in [6, 6.07) is 31.6. The lowest BCUT2D eigenvalue weighted by Gasteiger charge is -2.45. The fourth-order valence-corrected chi connectivity index (χ4v) is 12.7. The number of halogens is 1. The van der Waals surface area contributed by atoms with Gasteiger partial charge < -0.3 is 39.2 Å². The average molecular weight is 1170 g/mol. The third kappa shape index (κ3) is 19.8. The molecule has 3 aliphatic heterocycles. The quantitative estimate of drug-likeness (QED) is 0.0877. The molecule has 9 rings (SSSR count). The first-order valence-corrected chi connectivity index (χ1v) is 30.2. The Kier molecular flexibility index (Phi) is 25.5. The Balaban J connectivity index is 0.000000182. The number of carbonyl (C=O) groups excluding carboxylic acids is 3. The Morgan fingerprint density at radius 2 is 0.938 bits per heavy atom. The number of nitro groups is 1. The number of rotatable bonds is 10. The highest BCUT2D eigenvalue weighted by molar-refractivity contribution is 9.09. The van der Waals surface area contributed by atoms with Crippen molar-refractivity contribution in [2.75, 3.05) is 39.3 Å². The zero-order valence-corrected chi connectivity index (χ0v) is 49.0. The number of carboxylic acid groups (broad SMARTS) is 1. The average Bonchev–Trinajstić information content (AvgIpc) is 3.52. The van der Waals surface area contributed by atoms with Gasteiger partial charge in [-0.05, 0) is 136 Å². The van der Waals surface area contributed by atoms with Gasteiger partial charge in [-0.3, -0.25) is 14.9 Å². The van der Waals surface area contributed by atoms with Crippen LogP contribution in [-0.4, -0.2) is 93.1 Å². The predicted octanol–water partition coefficient (Wildman–Crippen LogP) is 14.9. The van der Waals surface area contributed by atoms with Crippen molar-refractivity contribution in [3.8, 4) is 6.07 Å². The maximum Gasteiger partial charge on any atom is 0.410 e. The van der Waals surface area contributed by atoms with E-state index in [2.05, 4.69) is 47.8 Å². The Labute approximate surface area is 482 Å². The van der Waals surface area contributed by atoms with E-state index in [1.165, 1.54) is 38.5 Å². The van der Waals surface area contributed by atoms with Crippen LogP contribution in [0.4, 0.5) is 14.4 Å². The Hall–Kier alpha value is -6.15. The topological polar surface area (TPSA) is 196 Å². The van der Waals surface area contributed by atoms with Crippen molar-refractivity contribution < 1.29 is 43.4 Å². The summed E-state index contributed by atoms with van der Waals surface area (Å²) < 4.78 is 16.0. The standard InChI is InChI=1S/C21H28N2O3.C21H29NO4.C14H16N2O4.C7H13Br/c1-17-7-9-19(10-8-17)21(16-22-25)11-13-23(14-12-21)20(24)26-15-18-5-3-2-4-6-18;1-16-7-9-18(10-8-16)21(19(23)24)11-13-22(14-12-21)20(25)26-15-17-5-3-2-4-6-17;17-14(20-11-13-4-2-1-3-5-13)15-8-6-12(7-9-15)10-16(18)19;1-6-2-4-7(8)5-3-6/h2-6,17,19H,7-15H2,1H3;2-6,16,18H,7-15H2,1H3,(H,23,24);1-5,10H,6-9,11H2;6-7H,2-5H2,1H3. The van der Waals surface area contributed by atoms with E-state index >= 15 is 0 Å². The van der Waals surface area contributed by atoms with E-state index in [-0.39, 0.29) is 49.4 Å². The van der Waals surface area contributed by atoms with Crippen LogP contribution < -0.4 is 0 Å². The third-order valence-corrected chi connectivity index (χ3v) is 18.5. The highest BCUT2D eigenvalue weighted by Gasteiger charge is 2.49. The molecule has 0 unspecified atom stereocenters. The van der Waals surface area contributed by atoms with Crippen molar-refractivity contribution in [2.24, 2.45) is 40.4 Å². The first kappa shape index (κ1) is 63.0. The number of carboxylic acids is 1. The summed E-state index contributed by atoms with van der Waals surface area (Å²) in [5.41, 5.74) is 2.70. The zero-order valence-electron chi connectivity index (χ0n) is 47.4. The van der Waals surface area contributed by atoms with E-state index in [0.29, 0.717) is 76.8 Å². The lowest BCUT2D eigenvalue weighted by atomic mass is 9.62. The number of hydrogen-bond acceptors (Lipinski definition) is 10. The lowest BCUT2D eigenvalue weighted by Crippen LogP contribution is -2.50. The summed E-state index contributed by atoms with van der Waals surface area (Å²) in [6.45, 7) is 10.7. The van der Waals surface area contributed by atoms with E-state index < -0.39 is 16.3 Å². The predicted molar refractivity (Wildman–Crippen MR) is 313 cm³/mol. The van der Waals surface area contributed by atoms with Gasteiger partial charge in [0.25, 0.3) is 0 Å². The van der Waals surface area contributed by atoms with Crippen LogP contribution in [0.25, 0.3) is 5.01 Å². The number of hydrogen-bond donors (Lipinski definition) is 1. The summed E-state index contributed by atoms with van der Waals surface area (Å²) in [6.07, 6.45) is 18.2. The number of amides is 3. The minimum atomic E-state index is -0.686. The number of likely N-dealkylation sites (tertiary alicyclic amines) is 3. The molecule has 6 aliphatic rings. The van der Waals surface area contributed by atoms with E-state index in [1.54, 1.807) is 14.7 Å². The summed E-state index contributed by atoms with van der Waals surface area (Å²) in [5, 5.41) is 34.3. The molecule has 3 saturated heterocycles. The van der Waals surface area contributed by atoms with Gasteiger partial charge in [-0.1, -0.05) is 153 Å².